The Morgan fingerprint density at radius 1 is 1.10 bits per heavy atom. The van der Waals surface area contributed by atoms with E-state index in [9.17, 15) is 23.3 Å². The molecule has 0 atom stereocenters. The molecule has 0 fully saturated rings. The number of carbonyl (C=O) groups excluding carboxylic acids is 1. The van der Waals surface area contributed by atoms with Crippen molar-refractivity contribution in [1.82, 2.24) is 9.62 Å². The maximum Gasteiger partial charge on any atom is 0.310 e. The molecule has 0 unspecified atom stereocenters. The van der Waals surface area contributed by atoms with E-state index in [2.05, 4.69) is 5.32 Å². The molecule has 0 aliphatic carbocycles. The number of hydrogen-bond donors (Lipinski definition) is 1. The molecular weight excluding hydrogens is 398 g/mol. The second kappa shape index (κ2) is 9.99. The number of nitrogens with one attached hydrogen (secondary N) is 1. The molecule has 9 nitrogen and oxygen atoms in total. The van der Waals surface area contributed by atoms with Crippen LogP contribution in [0.25, 0.3) is 0 Å². The first-order valence-corrected chi connectivity index (χ1v) is 10.5. The number of nitro groups is 1. The third kappa shape index (κ3) is 5.75. The highest BCUT2D eigenvalue weighted by Gasteiger charge is 2.21. The van der Waals surface area contributed by atoms with Crippen LogP contribution in [-0.2, 0) is 21.4 Å². The minimum atomic E-state index is -3.53. The van der Waals surface area contributed by atoms with E-state index in [1.165, 1.54) is 34.6 Å². The van der Waals surface area contributed by atoms with Crippen LogP contribution in [-0.4, -0.2) is 43.2 Å². The molecule has 29 heavy (non-hydrogen) atoms. The standard InChI is InChI=1S/C19H23N3O6S/c1-3-21(4-2)29(26,27)16-11-9-15(10-12-16)13-20-19(23)14-28-18-8-6-5-7-17(18)22(24)25/h5-12H,3-4,13-14H2,1-2H3,(H,20,23). The fourth-order valence-corrected chi connectivity index (χ4v) is 4.07. The fraction of sp³-hybridized carbons (Fsp3) is 0.316. The van der Waals surface area contributed by atoms with Crippen LogP contribution in [0.5, 0.6) is 5.75 Å². The summed E-state index contributed by atoms with van der Waals surface area (Å²) in [5.74, 6) is -0.443. The molecule has 0 aromatic heterocycles. The first-order chi connectivity index (χ1) is 13.8. The van der Waals surface area contributed by atoms with Crippen LogP contribution in [0.3, 0.4) is 0 Å². The monoisotopic (exact) mass is 421 g/mol. The summed E-state index contributed by atoms with van der Waals surface area (Å²) in [5.41, 5.74) is 0.493. The van der Waals surface area contributed by atoms with Gasteiger partial charge in [0.1, 0.15) is 0 Å². The molecule has 1 N–H and O–H groups in total. The fourth-order valence-electron chi connectivity index (χ4n) is 2.62. The van der Waals surface area contributed by atoms with E-state index in [4.69, 9.17) is 4.74 Å². The average Bonchev–Trinajstić information content (AvgIpc) is 2.71. The molecule has 2 rings (SSSR count). The number of hydrogen-bond acceptors (Lipinski definition) is 6. The van der Waals surface area contributed by atoms with Gasteiger partial charge in [-0.3, -0.25) is 14.9 Å². The molecule has 2 aromatic rings. The van der Waals surface area contributed by atoms with Gasteiger partial charge in [-0.05, 0) is 23.8 Å². The van der Waals surface area contributed by atoms with Gasteiger partial charge in [0.25, 0.3) is 5.91 Å². The minimum Gasteiger partial charge on any atom is -0.477 e. The topological polar surface area (TPSA) is 119 Å². The summed E-state index contributed by atoms with van der Waals surface area (Å²) in [6, 6.07) is 12.0. The summed E-state index contributed by atoms with van der Waals surface area (Å²) < 4.78 is 31.5. The van der Waals surface area contributed by atoms with Crippen LogP contribution in [0, 0.1) is 10.1 Å². The van der Waals surface area contributed by atoms with Gasteiger partial charge < -0.3 is 10.1 Å². The molecule has 0 saturated heterocycles. The average molecular weight is 421 g/mol. The minimum absolute atomic E-state index is 0.0126. The molecule has 1 amide bonds. The largest absolute Gasteiger partial charge is 0.477 e. The van der Waals surface area contributed by atoms with E-state index >= 15 is 0 Å². The van der Waals surface area contributed by atoms with Crippen molar-refractivity contribution in [1.29, 1.82) is 0 Å². The molecule has 0 spiro atoms. The smallest absolute Gasteiger partial charge is 0.310 e. The summed E-state index contributed by atoms with van der Waals surface area (Å²) in [4.78, 5) is 22.5. The number of amides is 1. The van der Waals surface area contributed by atoms with Crippen LogP contribution in [0.2, 0.25) is 0 Å². The summed E-state index contributed by atoms with van der Waals surface area (Å²) in [6.07, 6.45) is 0. The number of benzene rings is 2. The van der Waals surface area contributed by atoms with E-state index < -0.39 is 20.9 Å². The van der Waals surface area contributed by atoms with Crippen molar-refractivity contribution in [3.8, 4) is 5.75 Å². The summed E-state index contributed by atoms with van der Waals surface area (Å²) in [5, 5.41) is 13.6. The lowest BCUT2D eigenvalue weighted by atomic mass is 10.2. The highest BCUT2D eigenvalue weighted by Crippen LogP contribution is 2.25. The predicted molar refractivity (Wildman–Crippen MR) is 107 cm³/mol. The van der Waals surface area contributed by atoms with Crippen molar-refractivity contribution in [3.05, 3.63) is 64.2 Å². The Labute approximate surface area is 169 Å². The third-order valence-electron chi connectivity index (χ3n) is 4.18. The van der Waals surface area contributed by atoms with Crippen molar-refractivity contribution < 1.29 is 22.9 Å². The molecule has 0 radical (unpaired) electrons. The number of para-hydroxylation sites is 2. The molecule has 0 aliphatic heterocycles. The SMILES string of the molecule is CCN(CC)S(=O)(=O)c1ccc(CNC(=O)COc2ccccc2[N+](=O)[O-])cc1. The van der Waals surface area contributed by atoms with Crippen LogP contribution in [0.1, 0.15) is 19.4 Å². The van der Waals surface area contributed by atoms with Crippen molar-refractivity contribution in [2.75, 3.05) is 19.7 Å². The summed E-state index contributed by atoms with van der Waals surface area (Å²) in [7, 11) is -3.53. The Kier molecular flexibility index (Phi) is 7.68. The zero-order chi connectivity index (χ0) is 21.4. The number of rotatable bonds is 10. The number of ether oxygens (including phenoxy) is 1. The maximum absolute atomic E-state index is 12.5. The molecular formula is C19H23N3O6S. The first-order valence-electron chi connectivity index (χ1n) is 9.01. The van der Waals surface area contributed by atoms with E-state index in [1.54, 1.807) is 32.0 Å². The van der Waals surface area contributed by atoms with E-state index in [0.29, 0.717) is 18.7 Å². The van der Waals surface area contributed by atoms with E-state index in [0.717, 1.165) is 0 Å². The zero-order valence-corrected chi connectivity index (χ0v) is 17.0. The van der Waals surface area contributed by atoms with Crippen molar-refractivity contribution in [2.24, 2.45) is 0 Å². The molecule has 0 aliphatic rings. The van der Waals surface area contributed by atoms with Gasteiger partial charge in [0.05, 0.1) is 9.82 Å². The van der Waals surface area contributed by atoms with Crippen molar-refractivity contribution in [2.45, 2.75) is 25.3 Å². The van der Waals surface area contributed by atoms with Gasteiger partial charge in [-0.25, -0.2) is 8.42 Å². The highest BCUT2D eigenvalue weighted by molar-refractivity contribution is 7.89. The quantitative estimate of drug-likeness (QED) is 0.464. The van der Waals surface area contributed by atoms with Gasteiger partial charge in [-0.1, -0.05) is 38.1 Å². The normalized spacial score (nSPS) is 11.3. The van der Waals surface area contributed by atoms with Gasteiger partial charge in [-0.2, -0.15) is 4.31 Å². The second-order valence-corrected chi connectivity index (χ2v) is 7.96. The van der Waals surface area contributed by atoms with Crippen LogP contribution in [0.4, 0.5) is 5.69 Å². The van der Waals surface area contributed by atoms with Gasteiger partial charge in [0, 0.05) is 25.7 Å². The Bertz CT molecular complexity index is 956. The number of sulfonamides is 1. The van der Waals surface area contributed by atoms with Crippen LogP contribution in [0.15, 0.2) is 53.4 Å². The molecule has 0 bridgehead atoms. The van der Waals surface area contributed by atoms with Gasteiger partial charge in [0.15, 0.2) is 12.4 Å². The molecule has 0 heterocycles. The zero-order valence-electron chi connectivity index (χ0n) is 16.2. The molecule has 156 valence electrons. The Hall–Kier alpha value is -2.98. The molecule has 2 aromatic carbocycles. The lowest BCUT2D eigenvalue weighted by molar-refractivity contribution is -0.385. The van der Waals surface area contributed by atoms with Gasteiger partial charge >= 0.3 is 5.69 Å². The van der Waals surface area contributed by atoms with Crippen LogP contribution >= 0.6 is 0 Å². The summed E-state index contributed by atoms with van der Waals surface area (Å²) >= 11 is 0. The molecule has 10 heteroatoms. The highest BCUT2D eigenvalue weighted by atomic mass is 32.2. The van der Waals surface area contributed by atoms with Gasteiger partial charge in [-0.15, -0.1) is 0 Å². The first kappa shape index (κ1) is 22.3. The Balaban J connectivity index is 1.92. The number of nitrogens with zero attached hydrogens (tertiary/aromatic N) is 2. The lowest BCUT2D eigenvalue weighted by Gasteiger charge is -2.18. The Morgan fingerprint density at radius 2 is 1.72 bits per heavy atom. The van der Waals surface area contributed by atoms with Crippen molar-refractivity contribution >= 4 is 21.6 Å². The van der Waals surface area contributed by atoms with Crippen molar-refractivity contribution in [3.63, 3.8) is 0 Å². The summed E-state index contributed by atoms with van der Waals surface area (Å²) in [6.45, 7) is 4.12. The predicted octanol–water partition coefficient (Wildman–Crippen LogP) is 2.32. The van der Waals surface area contributed by atoms with E-state index in [1.807, 2.05) is 0 Å². The molecule has 0 saturated carbocycles. The van der Waals surface area contributed by atoms with Crippen LogP contribution < -0.4 is 10.1 Å². The van der Waals surface area contributed by atoms with Gasteiger partial charge in [0.2, 0.25) is 10.0 Å². The number of carbonyl (C=O) groups is 1. The second-order valence-electron chi connectivity index (χ2n) is 6.02. The maximum atomic E-state index is 12.5. The lowest BCUT2D eigenvalue weighted by Crippen LogP contribution is -2.30. The number of nitro benzene ring substituents is 1. The Morgan fingerprint density at radius 3 is 2.31 bits per heavy atom. The van der Waals surface area contributed by atoms with E-state index in [-0.39, 0.29) is 29.5 Å². The third-order valence-corrected chi connectivity index (χ3v) is 6.24.